The molecule has 1 aromatic carbocycles. The normalized spacial score (nSPS) is 18.4. The first-order valence-corrected chi connectivity index (χ1v) is 4.18. The van der Waals surface area contributed by atoms with Gasteiger partial charge in [0.05, 0.1) is 13.2 Å². The van der Waals surface area contributed by atoms with Crippen molar-refractivity contribution in [1.82, 2.24) is 0 Å². The Kier molecular flexibility index (Phi) is 2.11. The minimum absolute atomic E-state index is 0.422. The number of hydrogen-bond donors (Lipinski definition) is 0. The summed E-state index contributed by atoms with van der Waals surface area (Å²) in [6.45, 7) is 3.49. The fraction of sp³-hybridized carbons (Fsp3) is 0.400. The molecule has 12 heavy (non-hydrogen) atoms. The van der Waals surface area contributed by atoms with Gasteiger partial charge in [0.25, 0.3) is 0 Å². The highest BCUT2D eigenvalue weighted by molar-refractivity contribution is 5.29. The van der Waals surface area contributed by atoms with E-state index in [1.807, 2.05) is 0 Å². The Labute approximate surface area is 72.0 Å². The van der Waals surface area contributed by atoms with Crippen LogP contribution in [0.25, 0.3) is 0 Å². The highest BCUT2D eigenvalue weighted by Gasteiger charge is 2.20. The maximum atomic E-state index is 4.87. The molecule has 0 atom stereocenters. The largest absolute Gasteiger partial charge is 0.236 e. The lowest BCUT2D eigenvalue weighted by Crippen LogP contribution is -2.02. The zero-order chi connectivity index (χ0) is 8.39. The van der Waals surface area contributed by atoms with Crippen LogP contribution in [-0.2, 0) is 9.78 Å². The van der Waals surface area contributed by atoms with Gasteiger partial charge in [-0.05, 0) is 18.1 Å². The van der Waals surface area contributed by atoms with E-state index in [-0.39, 0.29) is 0 Å². The molecule has 1 saturated heterocycles. The predicted molar refractivity (Wildman–Crippen MR) is 45.8 cm³/mol. The quantitative estimate of drug-likeness (QED) is 0.591. The van der Waals surface area contributed by atoms with Crippen LogP contribution in [0.3, 0.4) is 0 Å². The highest BCUT2D eigenvalue weighted by atomic mass is 17.2. The number of hydrogen-bond acceptors (Lipinski definition) is 2. The minimum Gasteiger partial charge on any atom is -0.236 e. The van der Waals surface area contributed by atoms with Crippen LogP contribution in [0.1, 0.15) is 17.0 Å². The maximum absolute atomic E-state index is 4.87. The van der Waals surface area contributed by atoms with Crippen molar-refractivity contribution in [2.45, 2.75) is 12.8 Å². The van der Waals surface area contributed by atoms with Gasteiger partial charge in [0.2, 0.25) is 0 Å². The summed E-state index contributed by atoms with van der Waals surface area (Å²) in [5.74, 6) is 0.422. The minimum atomic E-state index is 0.422. The van der Waals surface area contributed by atoms with Crippen molar-refractivity contribution in [2.24, 2.45) is 0 Å². The average Bonchev–Trinajstić information content (AvgIpc) is 2.57. The summed E-state index contributed by atoms with van der Waals surface area (Å²) in [5, 5.41) is 0. The Hall–Kier alpha value is -0.860. The van der Waals surface area contributed by atoms with Gasteiger partial charge >= 0.3 is 0 Å². The second kappa shape index (κ2) is 3.25. The van der Waals surface area contributed by atoms with Crippen LogP contribution in [-0.4, -0.2) is 13.2 Å². The van der Waals surface area contributed by atoms with E-state index in [1.165, 1.54) is 11.1 Å². The van der Waals surface area contributed by atoms with Crippen LogP contribution >= 0.6 is 0 Å². The van der Waals surface area contributed by atoms with E-state index in [2.05, 4.69) is 31.2 Å². The number of benzene rings is 1. The zero-order valence-electron chi connectivity index (χ0n) is 7.12. The van der Waals surface area contributed by atoms with Crippen LogP contribution in [0.4, 0.5) is 0 Å². The molecule has 0 unspecified atom stereocenters. The molecular weight excluding hydrogens is 152 g/mol. The van der Waals surface area contributed by atoms with Gasteiger partial charge in [-0.2, -0.15) is 0 Å². The molecule has 2 heteroatoms. The van der Waals surface area contributed by atoms with Crippen molar-refractivity contribution in [2.75, 3.05) is 13.2 Å². The van der Waals surface area contributed by atoms with Gasteiger partial charge in [0.15, 0.2) is 0 Å². The molecule has 2 nitrogen and oxygen atoms in total. The lowest BCUT2D eigenvalue weighted by molar-refractivity contribution is -0.248. The second-order valence-electron chi connectivity index (χ2n) is 3.12. The van der Waals surface area contributed by atoms with E-state index in [9.17, 15) is 0 Å². The van der Waals surface area contributed by atoms with Crippen molar-refractivity contribution in [3.8, 4) is 0 Å². The molecule has 0 spiro atoms. The number of aryl methyl sites for hydroxylation is 1. The van der Waals surface area contributed by atoms with Crippen molar-refractivity contribution in [3.63, 3.8) is 0 Å². The Morgan fingerprint density at radius 3 is 2.50 bits per heavy atom. The zero-order valence-corrected chi connectivity index (χ0v) is 7.12. The molecule has 64 valence electrons. The van der Waals surface area contributed by atoms with Crippen molar-refractivity contribution in [1.29, 1.82) is 0 Å². The van der Waals surface area contributed by atoms with Crippen LogP contribution in [0, 0.1) is 6.92 Å². The topological polar surface area (TPSA) is 18.5 Å². The smallest absolute Gasteiger partial charge is 0.0914 e. The van der Waals surface area contributed by atoms with Crippen molar-refractivity contribution in [3.05, 3.63) is 35.4 Å². The predicted octanol–water partition coefficient (Wildman–Crippen LogP) is 2.04. The highest BCUT2D eigenvalue weighted by Crippen LogP contribution is 2.24. The Morgan fingerprint density at radius 2 is 1.83 bits per heavy atom. The summed E-state index contributed by atoms with van der Waals surface area (Å²) in [6.07, 6.45) is 0. The summed E-state index contributed by atoms with van der Waals surface area (Å²) >= 11 is 0. The van der Waals surface area contributed by atoms with Crippen LogP contribution in [0.2, 0.25) is 0 Å². The standard InChI is InChI=1S/C10H12O2/c1-8-4-2-3-5-10(8)9-6-11-12-7-9/h2-5,9H,6-7H2,1H3. The molecule has 0 amide bonds. The van der Waals surface area contributed by atoms with E-state index in [0.717, 1.165) is 0 Å². The molecule has 1 aromatic rings. The fourth-order valence-corrected chi connectivity index (χ4v) is 1.53. The van der Waals surface area contributed by atoms with Crippen LogP contribution < -0.4 is 0 Å². The van der Waals surface area contributed by atoms with E-state index in [0.29, 0.717) is 19.1 Å². The molecule has 1 aliphatic heterocycles. The third-order valence-electron chi connectivity index (χ3n) is 2.25. The SMILES string of the molecule is Cc1ccccc1C1COOC1. The van der Waals surface area contributed by atoms with E-state index >= 15 is 0 Å². The molecule has 0 N–H and O–H groups in total. The fourth-order valence-electron chi connectivity index (χ4n) is 1.53. The lowest BCUT2D eigenvalue weighted by Gasteiger charge is -2.08. The monoisotopic (exact) mass is 164 g/mol. The van der Waals surface area contributed by atoms with Gasteiger partial charge in [-0.25, -0.2) is 9.78 Å². The average molecular weight is 164 g/mol. The maximum Gasteiger partial charge on any atom is 0.0914 e. The molecule has 1 fully saturated rings. The summed E-state index contributed by atoms with van der Waals surface area (Å²) in [5.41, 5.74) is 2.66. The van der Waals surface area contributed by atoms with Crippen LogP contribution in [0.15, 0.2) is 24.3 Å². The lowest BCUT2D eigenvalue weighted by atomic mass is 9.97. The second-order valence-corrected chi connectivity index (χ2v) is 3.12. The molecule has 1 heterocycles. The molecule has 0 bridgehead atoms. The van der Waals surface area contributed by atoms with Crippen molar-refractivity contribution >= 4 is 0 Å². The number of rotatable bonds is 1. The molecule has 0 radical (unpaired) electrons. The first kappa shape index (κ1) is 7.77. The first-order chi connectivity index (χ1) is 5.88. The molecular formula is C10H12O2. The van der Waals surface area contributed by atoms with E-state index in [4.69, 9.17) is 9.78 Å². The van der Waals surface area contributed by atoms with Gasteiger partial charge in [-0.15, -0.1) is 0 Å². The van der Waals surface area contributed by atoms with Gasteiger partial charge < -0.3 is 0 Å². The van der Waals surface area contributed by atoms with Gasteiger partial charge in [0, 0.05) is 5.92 Å². The molecule has 0 aromatic heterocycles. The Balaban J connectivity index is 2.26. The third-order valence-corrected chi connectivity index (χ3v) is 2.25. The van der Waals surface area contributed by atoms with Crippen molar-refractivity contribution < 1.29 is 9.78 Å². The van der Waals surface area contributed by atoms with Gasteiger partial charge in [-0.3, -0.25) is 0 Å². The van der Waals surface area contributed by atoms with Crippen LogP contribution in [0.5, 0.6) is 0 Å². The first-order valence-electron chi connectivity index (χ1n) is 4.18. The van der Waals surface area contributed by atoms with Gasteiger partial charge in [0.1, 0.15) is 0 Å². The van der Waals surface area contributed by atoms with E-state index in [1.54, 1.807) is 0 Å². The Bertz CT molecular complexity index is 264. The third kappa shape index (κ3) is 1.36. The molecule has 0 saturated carbocycles. The molecule has 1 aliphatic rings. The molecule has 2 rings (SSSR count). The van der Waals surface area contributed by atoms with E-state index < -0.39 is 0 Å². The Morgan fingerprint density at radius 1 is 1.17 bits per heavy atom. The summed E-state index contributed by atoms with van der Waals surface area (Å²) < 4.78 is 0. The summed E-state index contributed by atoms with van der Waals surface area (Å²) in [4.78, 5) is 9.73. The van der Waals surface area contributed by atoms with Gasteiger partial charge in [-0.1, -0.05) is 24.3 Å². The summed E-state index contributed by atoms with van der Waals surface area (Å²) in [6, 6.07) is 8.36. The molecule has 0 aliphatic carbocycles. The summed E-state index contributed by atoms with van der Waals surface area (Å²) in [7, 11) is 0.